The predicted molar refractivity (Wildman–Crippen MR) is 127 cm³/mol. The average molecular weight is 519 g/mol. The summed E-state index contributed by atoms with van der Waals surface area (Å²) in [6.45, 7) is 6.15. The highest BCUT2D eigenvalue weighted by Gasteiger charge is 2.46. The highest BCUT2D eigenvalue weighted by Crippen LogP contribution is 2.48. The lowest BCUT2D eigenvalue weighted by molar-refractivity contribution is -0.153. The summed E-state index contributed by atoms with van der Waals surface area (Å²) in [6, 6.07) is 8.06. The number of ether oxygens (including phenoxy) is 1. The topological polar surface area (TPSA) is 55.7 Å². The Morgan fingerprint density at radius 1 is 1.13 bits per heavy atom. The number of rotatable bonds is 3. The number of nitrogens with zero attached hydrogens (tertiary/aromatic N) is 1. The van der Waals surface area contributed by atoms with Gasteiger partial charge in [-0.1, -0.05) is 38.5 Å². The Balaban J connectivity index is 1.77. The van der Waals surface area contributed by atoms with Crippen LogP contribution >= 0.6 is 22.6 Å². The number of hydrogen-bond donors (Lipinski definition) is 0. The molecule has 1 heterocycles. The van der Waals surface area contributed by atoms with Gasteiger partial charge in [0.1, 0.15) is 12.0 Å². The van der Waals surface area contributed by atoms with Crippen LogP contribution in [0.2, 0.25) is 0 Å². The van der Waals surface area contributed by atoms with Crippen LogP contribution in [0.5, 0.6) is 0 Å². The fraction of sp³-hybridized carbons (Fsp3) is 0.560. The van der Waals surface area contributed by atoms with E-state index in [0.29, 0.717) is 6.42 Å². The zero-order chi connectivity index (χ0) is 21.5. The summed E-state index contributed by atoms with van der Waals surface area (Å²) in [5.74, 6) is -0.952. The Morgan fingerprint density at radius 2 is 1.83 bits per heavy atom. The minimum Gasteiger partial charge on any atom is -0.462 e. The van der Waals surface area contributed by atoms with E-state index in [1.807, 2.05) is 31.2 Å². The molecule has 1 aliphatic heterocycles. The van der Waals surface area contributed by atoms with Crippen molar-refractivity contribution < 1.29 is 14.3 Å². The Bertz CT molecular complexity index is 924. The summed E-state index contributed by atoms with van der Waals surface area (Å²) in [7, 11) is 0. The Hall–Kier alpha value is -1.50. The molecule has 1 saturated carbocycles. The quantitative estimate of drug-likeness (QED) is 0.365. The average Bonchev–Trinajstić information content (AvgIpc) is 2.67. The standard InChI is InChI=1S/C25H30INO3/c1-15-21(24(29)30-16-9-5-4-6-10-16)22(17-11-7-8-12-18(17)26)23-19(27-15)13-25(2,3)14-20(23)28/h7-8,11-12,16,21-22H,4-6,9-10,13-14H2,1-3H3/t21?,22-/m1/s1. The monoisotopic (exact) mass is 519 g/mol. The minimum absolute atomic E-state index is 0.00841. The van der Waals surface area contributed by atoms with Crippen molar-refractivity contribution in [1.82, 2.24) is 0 Å². The molecule has 0 amide bonds. The van der Waals surface area contributed by atoms with Gasteiger partial charge in [-0.25, -0.2) is 0 Å². The van der Waals surface area contributed by atoms with Crippen molar-refractivity contribution in [3.8, 4) is 0 Å². The lowest BCUT2D eigenvalue weighted by Gasteiger charge is -2.39. The van der Waals surface area contributed by atoms with Crippen molar-refractivity contribution in [2.45, 2.75) is 77.7 Å². The summed E-state index contributed by atoms with van der Waals surface area (Å²) in [6.07, 6.45) is 6.54. The maximum absolute atomic E-state index is 13.4. The molecular formula is C25H30INO3. The van der Waals surface area contributed by atoms with Gasteiger partial charge in [-0.2, -0.15) is 0 Å². The molecule has 4 nitrogen and oxygen atoms in total. The molecule has 4 rings (SSSR count). The van der Waals surface area contributed by atoms with Gasteiger partial charge in [0, 0.05) is 32.9 Å². The summed E-state index contributed by atoms with van der Waals surface area (Å²) in [4.78, 5) is 31.6. The second-order valence-corrected chi connectivity index (χ2v) is 10.9. The third-order valence-corrected chi connectivity index (χ3v) is 7.61. The summed E-state index contributed by atoms with van der Waals surface area (Å²) < 4.78 is 7.06. The van der Waals surface area contributed by atoms with Gasteiger partial charge in [0.25, 0.3) is 0 Å². The number of hydrogen-bond acceptors (Lipinski definition) is 4. The van der Waals surface area contributed by atoms with Gasteiger partial charge in [0.05, 0.1) is 0 Å². The zero-order valence-electron chi connectivity index (χ0n) is 18.0. The van der Waals surface area contributed by atoms with E-state index in [9.17, 15) is 9.59 Å². The Kier molecular flexibility index (Phi) is 6.20. The van der Waals surface area contributed by atoms with Crippen molar-refractivity contribution in [2.75, 3.05) is 0 Å². The number of ketones is 1. The third-order valence-electron chi connectivity index (χ3n) is 6.63. The lowest BCUT2D eigenvalue weighted by Crippen LogP contribution is -2.40. The second kappa shape index (κ2) is 8.56. The van der Waals surface area contributed by atoms with Gasteiger partial charge in [-0.05, 0) is 78.7 Å². The molecule has 0 radical (unpaired) electrons. The highest BCUT2D eigenvalue weighted by molar-refractivity contribution is 14.1. The number of halogens is 1. The third kappa shape index (κ3) is 4.27. The van der Waals surface area contributed by atoms with Crippen LogP contribution in [0.4, 0.5) is 0 Å². The second-order valence-electron chi connectivity index (χ2n) is 9.73. The Labute approximate surface area is 192 Å². The molecule has 0 bridgehead atoms. The van der Waals surface area contributed by atoms with Crippen LogP contribution in [0.25, 0.3) is 0 Å². The first-order valence-corrected chi connectivity index (χ1v) is 12.1. The molecule has 1 aromatic rings. The number of esters is 1. The molecule has 0 N–H and O–H groups in total. The van der Waals surface area contributed by atoms with Gasteiger partial charge in [0.2, 0.25) is 0 Å². The van der Waals surface area contributed by atoms with Crippen LogP contribution < -0.4 is 0 Å². The van der Waals surface area contributed by atoms with Crippen molar-refractivity contribution >= 4 is 40.1 Å². The summed E-state index contributed by atoms with van der Waals surface area (Å²) in [5.41, 5.74) is 3.28. The Morgan fingerprint density at radius 3 is 2.53 bits per heavy atom. The molecule has 3 aliphatic rings. The smallest absolute Gasteiger partial charge is 0.315 e. The first kappa shape index (κ1) is 21.7. The number of carbonyl (C=O) groups excluding carboxylic acids is 2. The van der Waals surface area contributed by atoms with E-state index in [2.05, 4.69) is 36.4 Å². The van der Waals surface area contributed by atoms with E-state index in [0.717, 1.165) is 58.2 Å². The van der Waals surface area contributed by atoms with E-state index in [4.69, 9.17) is 9.73 Å². The number of Topliss-reactive ketones (excluding diaryl/α,β-unsaturated/α-hetero) is 1. The lowest BCUT2D eigenvalue weighted by atomic mass is 9.67. The van der Waals surface area contributed by atoms with Crippen molar-refractivity contribution in [1.29, 1.82) is 0 Å². The molecule has 1 unspecified atom stereocenters. The number of allylic oxidation sites excluding steroid dienone is 2. The van der Waals surface area contributed by atoms with Gasteiger partial charge in [-0.3, -0.25) is 14.6 Å². The van der Waals surface area contributed by atoms with Crippen LogP contribution in [0, 0.1) is 14.9 Å². The predicted octanol–water partition coefficient (Wildman–Crippen LogP) is 5.98. The van der Waals surface area contributed by atoms with Crippen LogP contribution in [-0.2, 0) is 14.3 Å². The fourth-order valence-electron chi connectivity index (χ4n) is 5.23. The first-order chi connectivity index (χ1) is 14.3. The van der Waals surface area contributed by atoms with Gasteiger partial charge >= 0.3 is 5.97 Å². The van der Waals surface area contributed by atoms with Gasteiger partial charge in [0.15, 0.2) is 5.78 Å². The highest BCUT2D eigenvalue weighted by atomic mass is 127. The molecule has 160 valence electrons. The molecule has 5 heteroatoms. The maximum Gasteiger partial charge on any atom is 0.315 e. The van der Waals surface area contributed by atoms with E-state index in [-0.39, 0.29) is 29.2 Å². The van der Waals surface area contributed by atoms with Crippen LogP contribution in [0.15, 0.2) is 40.5 Å². The molecule has 2 atom stereocenters. The molecule has 0 aromatic heterocycles. The zero-order valence-corrected chi connectivity index (χ0v) is 20.2. The maximum atomic E-state index is 13.4. The van der Waals surface area contributed by atoms with E-state index < -0.39 is 5.92 Å². The molecule has 0 saturated heterocycles. The van der Waals surface area contributed by atoms with E-state index in [1.165, 1.54) is 6.42 Å². The summed E-state index contributed by atoms with van der Waals surface area (Å²) >= 11 is 2.31. The van der Waals surface area contributed by atoms with E-state index >= 15 is 0 Å². The first-order valence-electron chi connectivity index (χ1n) is 11.0. The van der Waals surface area contributed by atoms with Crippen molar-refractivity contribution in [2.24, 2.45) is 16.3 Å². The number of benzene rings is 1. The molecule has 30 heavy (non-hydrogen) atoms. The largest absolute Gasteiger partial charge is 0.462 e. The van der Waals surface area contributed by atoms with Gasteiger partial charge in [-0.15, -0.1) is 0 Å². The van der Waals surface area contributed by atoms with Crippen molar-refractivity contribution in [3.63, 3.8) is 0 Å². The SMILES string of the molecule is CC1=NC2=C(C(=O)CC(C)(C)C2)[C@H](c2ccccc2I)C1C(=O)OC1CCCCC1. The van der Waals surface area contributed by atoms with Crippen LogP contribution in [0.3, 0.4) is 0 Å². The molecule has 2 aliphatic carbocycles. The molecule has 0 spiro atoms. The number of carbonyl (C=O) groups is 2. The minimum atomic E-state index is -0.535. The van der Waals surface area contributed by atoms with Gasteiger partial charge < -0.3 is 4.74 Å². The fourth-order valence-corrected chi connectivity index (χ4v) is 5.96. The van der Waals surface area contributed by atoms with Crippen LogP contribution in [-0.4, -0.2) is 23.6 Å². The van der Waals surface area contributed by atoms with Crippen molar-refractivity contribution in [3.05, 3.63) is 44.7 Å². The van der Waals surface area contributed by atoms with E-state index in [1.54, 1.807) is 0 Å². The normalized spacial score (nSPS) is 26.8. The summed E-state index contributed by atoms with van der Waals surface area (Å²) in [5, 5.41) is 0. The molecule has 1 fully saturated rings. The molecule has 1 aromatic carbocycles. The van der Waals surface area contributed by atoms with Crippen LogP contribution in [0.1, 0.15) is 77.2 Å². The molecular weight excluding hydrogens is 489 g/mol. The number of aliphatic imine (C=N–C) groups is 1.